The molecule has 11 nitrogen and oxygen atoms in total. The molecule has 3 aromatic rings. The fourth-order valence-corrected chi connectivity index (χ4v) is 4.90. The summed E-state index contributed by atoms with van der Waals surface area (Å²) in [7, 11) is -4.08. The van der Waals surface area contributed by atoms with Crippen LogP contribution in [0.2, 0.25) is 0 Å². The standard InChI is InChI=1S/C26H31N5O6S/c1-17(2)31-22(25(37-29-31)28-38(34,35)21-11-7-19(4)8-12-21)16-30-13-14-36-23(26(30)33)15-24(32)27-20-9-5-18(3)6-10-20/h5-12,17,23H,13-16H2,1-4H3,(H,27,32)/b28-25-. The fourth-order valence-electron chi connectivity index (χ4n) is 3.96. The number of sulfonamides is 1. The van der Waals surface area contributed by atoms with Crippen LogP contribution < -0.4 is 20.8 Å². The van der Waals surface area contributed by atoms with Crippen molar-refractivity contribution in [1.82, 2.24) is 10.2 Å². The summed E-state index contributed by atoms with van der Waals surface area (Å²) in [5.74, 6) is -0.740. The van der Waals surface area contributed by atoms with Crippen LogP contribution in [0, 0.1) is 13.8 Å². The Morgan fingerprint density at radius 1 is 1.13 bits per heavy atom. The zero-order chi connectivity index (χ0) is 27.4. The van der Waals surface area contributed by atoms with E-state index in [4.69, 9.17) is 9.26 Å². The van der Waals surface area contributed by atoms with E-state index in [0.29, 0.717) is 11.4 Å². The Balaban J connectivity index is 1.54. The van der Waals surface area contributed by atoms with Crippen molar-refractivity contribution >= 4 is 27.5 Å². The van der Waals surface area contributed by atoms with E-state index >= 15 is 0 Å². The van der Waals surface area contributed by atoms with Gasteiger partial charge in [0.05, 0.1) is 17.9 Å². The molecule has 38 heavy (non-hydrogen) atoms. The number of hydrogen-bond acceptors (Lipinski definition) is 6. The number of carbonyl (C=O) groups is 2. The number of rotatable bonds is 8. The maximum atomic E-state index is 13.2. The van der Waals surface area contributed by atoms with Gasteiger partial charge in [0.25, 0.3) is 27.2 Å². The van der Waals surface area contributed by atoms with Gasteiger partial charge in [0.1, 0.15) is 18.7 Å². The average molecular weight is 542 g/mol. The average Bonchev–Trinajstić information content (AvgIpc) is 3.25. The first-order valence-corrected chi connectivity index (χ1v) is 13.7. The fraction of sp³-hybridized carbons (Fsp3) is 0.385. The summed E-state index contributed by atoms with van der Waals surface area (Å²) in [5.41, 5.74) is 2.73. The van der Waals surface area contributed by atoms with Crippen molar-refractivity contribution < 1.29 is 31.9 Å². The van der Waals surface area contributed by atoms with Crippen LogP contribution in [0.4, 0.5) is 5.69 Å². The molecule has 4 rings (SSSR count). The van der Waals surface area contributed by atoms with Crippen LogP contribution in [0.1, 0.15) is 43.1 Å². The molecule has 0 saturated carbocycles. The van der Waals surface area contributed by atoms with E-state index in [1.165, 1.54) is 21.7 Å². The summed E-state index contributed by atoms with van der Waals surface area (Å²) in [4.78, 5) is 27.3. The number of amides is 2. The first-order valence-electron chi connectivity index (χ1n) is 12.3. The highest BCUT2D eigenvalue weighted by Crippen LogP contribution is 2.16. The lowest BCUT2D eigenvalue weighted by molar-refractivity contribution is -0.790. The van der Waals surface area contributed by atoms with Crippen molar-refractivity contribution in [3.63, 3.8) is 0 Å². The highest BCUT2D eigenvalue weighted by molar-refractivity contribution is 7.90. The number of nitrogens with zero attached hydrogens (tertiary/aromatic N) is 4. The second-order valence-corrected chi connectivity index (χ2v) is 11.1. The van der Waals surface area contributed by atoms with Crippen molar-refractivity contribution in [1.29, 1.82) is 0 Å². The zero-order valence-electron chi connectivity index (χ0n) is 21.7. The van der Waals surface area contributed by atoms with Crippen molar-refractivity contribution in [2.45, 2.75) is 57.7 Å². The minimum Gasteiger partial charge on any atom is -0.486 e. The third kappa shape index (κ3) is 6.37. The predicted molar refractivity (Wildman–Crippen MR) is 136 cm³/mol. The van der Waals surface area contributed by atoms with Gasteiger partial charge in [-0.2, -0.15) is 8.42 Å². The lowest BCUT2D eigenvalue weighted by atomic mass is 10.1. The van der Waals surface area contributed by atoms with E-state index in [0.717, 1.165) is 11.1 Å². The van der Waals surface area contributed by atoms with Crippen molar-refractivity contribution in [3.05, 3.63) is 70.9 Å². The van der Waals surface area contributed by atoms with Gasteiger partial charge in [0, 0.05) is 12.2 Å². The first kappa shape index (κ1) is 27.3. The summed E-state index contributed by atoms with van der Waals surface area (Å²) in [5, 5.41) is 6.74. The number of aryl methyl sites for hydroxylation is 2. The summed E-state index contributed by atoms with van der Waals surface area (Å²) < 4.78 is 42.2. The van der Waals surface area contributed by atoms with Gasteiger partial charge in [-0.05, 0) is 52.0 Å². The number of benzene rings is 2. The molecule has 1 aromatic heterocycles. The molecule has 2 amide bonds. The van der Waals surface area contributed by atoms with Gasteiger partial charge in [-0.25, -0.2) is 4.68 Å². The van der Waals surface area contributed by atoms with Gasteiger partial charge in [0.15, 0.2) is 0 Å². The molecule has 1 N–H and O–H groups in total. The van der Waals surface area contributed by atoms with Crippen LogP contribution in [-0.2, 0) is 30.9 Å². The second kappa shape index (κ2) is 11.3. The minimum atomic E-state index is -4.08. The van der Waals surface area contributed by atoms with E-state index in [1.807, 2.05) is 39.8 Å². The molecule has 1 saturated heterocycles. The number of anilines is 1. The highest BCUT2D eigenvalue weighted by atomic mass is 32.2. The molecular formula is C26H31N5O6S. The molecule has 2 aromatic carbocycles. The zero-order valence-corrected chi connectivity index (χ0v) is 22.6. The highest BCUT2D eigenvalue weighted by Gasteiger charge is 2.34. The van der Waals surface area contributed by atoms with Gasteiger partial charge in [0.2, 0.25) is 5.91 Å². The molecule has 1 atom stereocenters. The third-order valence-electron chi connectivity index (χ3n) is 6.06. The summed E-state index contributed by atoms with van der Waals surface area (Å²) >= 11 is 0. The number of hydrogen-bond donors (Lipinski definition) is 1. The molecular weight excluding hydrogens is 510 g/mol. The maximum Gasteiger partial charge on any atom is 0.289 e. The Bertz CT molecular complexity index is 1470. The van der Waals surface area contributed by atoms with Gasteiger partial charge in [-0.3, -0.25) is 14.9 Å². The van der Waals surface area contributed by atoms with E-state index in [-0.39, 0.29) is 54.4 Å². The van der Waals surface area contributed by atoms with Crippen LogP contribution in [-0.4, -0.2) is 44.4 Å². The maximum absolute atomic E-state index is 13.2. The van der Waals surface area contributed by atoms with Crippen LogP contribution in [0.3, 0.4) is 0 Å². The molecule has 0 spiro atoms. The van der Waals surface area contributed by atoms with Gasteiger partial charge in [-0.1, -0.05) is 35.4 Å². The van der Waals surface area contributed by atoms with Crippen LogP contribution in [0.5, 0.6) is 0 Å². The third-order valence-corrected chi connectivity index (χ3v) is 7.34. The van der Waals surface area contributed by atoms with Crippen molar-refractivity contribution in [3.8, 4) is 0 Å². The summed E-state index contributed by atoms with van der Waals surface area (Å²) in [6.07, 6.45) is -1.13. The topological polar surface area (TPSA) is 136 Å². The van der Waals surface area contributed by atoms with E-state index in [1.54, 1.807) is 24.3 Å². The molecule has 2 heterocycles. The predicted octanol–water partition coefficient (Wildman–Crippen LogP) is 1.77. The van der Waals surface area contributed by atoms with Gasteiger partial charge in [-0.15, -0.1) is 4.40 Å². The normalized spacial score (nSPS) is 16.8. The van der Waals surface area contributed by atoms with E-state index < -0.39 is 16.1 Å². The van der Waals surface area contributed by atoms with E-state index in [2.05, 4.69) is 15.0 Å². The minimum absolute atomic E-state index is 0.0117. The number of aromatic nitrogens is 2. The molecule has 0 radical (unpaired) electrons. The molecule has 202 valence electrons. The van der Waals surface area contributed by atoms with Gasteiger partial charge >= 0.3 is 0 Å². The lowest BCUT2D eigenvalue weighted by Crippen LogP contribution is -2.52. The Hall–Kier alpha value is -3.77. The smallest absolute Gasteiger partial charge is 0.289 e. The first-order chi connectivity index (χ1) is 18.0. The lowest BCUT2D eigenvalue weighted by Gasteiger charge is -2.31. The SMILES string of the molecule is Cc1ccc(NC(=O)CC2OCCN(Cc3/c(=N/S(=O)(=O)c4ccc(C)cc4)o[n-][n+]3C(C)C)C2=O)cc1. The number of carbonyl (C=O) groups excluding carboxylic acids is 2. The van der Waals surface area contributed by atoms with Crippen LogP contribution in [0.15, 0.2) is 62.3 Å². The molecule has 0 aliphatic carbocycles. The molecule has 0 bridgehead atoms. The van der Waals surface area contributed by atoms with Crippen LogP contribution in [0.25, 0.3) is 0 Å². The Kier molecular flexibility index (Phi) is 8.12. The second-order valence-electron chi connectivity index (χ2n) is 9.48. The molecule has 1 unspecified atom stereocenters. The Labute approximate surface area is 221 Å². The Morgan fingerprint density at radius 3 is 2.39 bits per heavy atom. The number of nitrogens with one attached hydrogen (secondary N) is 1. The summed E-state index contributed by atoms with van der Waals surface area (Å²) in [6.45, 7) is 7.96. The van der Waals surface area contributed by atoms with Gasteiger partial charge < -0.3 is 19.5 Å². The molecule has 12 heteroatoms. The largest absolute Gasteiger partial charge is 0.486 e. The van der Waals surface area contributed by atoms with Crippen molar-refractivity contribution in [2.24, 2.45) is 4.40 Å². The van der Waals surface area contributed by atoms with Crippen LogP contribution >= 0.6 is 0 Å². The summed E-state index contributed by atoms with van der Waals surface area (Å²) in [6, 6.07) is 13.4. The molecule has 1 aliphatic rings. The molecule has 1 fully saturated rings. The monoisotopic (exact) mass is 541 g/mol. The number of ether oxygens (including phenoxy) is 1. The van der Waals surface area contributed by atoms with E-state index in [9.17, 15) is 18.0 Å². The Morgan fingerprint density at radius 2 is 1.76 bits per heavy atom. The molecule has 1 aliphatic heterocycles. The quantitative estimate of drug-likeness (QED) is 0.429. The van der Waals surface area contributed by atoms with Crippen molar-refractivity contribution in [2.75, 3.05) is 18.5 Å². The number of morpholine rings is 1.